The molecule has 2 rings (SSSR count). The van der Waals surface area contributed by atoms with Gasteiger partial charge < -0.3 is 5.32 Å². The highest BCUT2D eigenvalue weighted by molar-refractivity contribution is 5.34. The first-order chi connectivity index (χ1) is 11.6. The van der Waals surface area contributed by atoms with Gasteiger partial charge in [-0.25, -0.2) is 13.8 Å². The summed E-state index contributed by atoms with van der Waals surface area (Å²) in [5, 5.41) is 2.85. The summed E-state index contributed by atoms with van der Waals surface area (Å²) in [5.74, 6) is -0.341. The monoisotopic (exact) mass is 359 g/mol. The smallest absolute Gasteiger partial charge is 0.369 e. The van der Waals surface area contributed by atoms with E-state index in [0.717, 1.165) is 18.6 Å². The van der Waals surface area contributed by atoms with Crippen LogP contribution in [0.5, 0.6) is 0 Å². The molecule has 0 aliphatic rings. The lowest BCUT2D eigenvalue weighted by atomic mass is 10.1. The van der Waals surface area contributed by atoms with E-state index >= 15 is 0 Å². The highest BCUT2D eigenvalue weighted by Gasteiger charge is 2.39. The maximum atomic E-state index is 12.9. The Labute approximate surface area is 140 Å². The molecule has 0 unspecified atom stereocenters. The number of benzene rings is 1. The molecular weight excluding hydrogens is 342 g/mol. The minimum atomic E-state index is -4.71. The number of hydrogen-bond donors (Lipinski definition) is 2. The highest BCUT2D eigenvalue weighted by atomic mass is 19.4. The van der Waals surface area contributed by atoms with Gasteiger partial charge >= 0.3 is 11.9 Å². The Bertz CT molecular complexity index is 809. The van der Waals surface area contributed by atoms with E-state index in [-0.39, 0.29) is 22.2 Å². The number of halogens is 4. The Morgan fingerprint density at radius 1 is 1.16 bits per heavy atom. The molecule has 2 N–H and O–H groups in total. The minimum Gasteiger partial charge on any atom is -0.369 e. The van der Waals surface area contributed by atoms with Crippen molar-refractivity contribution in [2.75, 3.05) is 5.32 Å². The van der Waals surface area contributed by atoms with E-state index in [1.807, 2.05) is 0 Å². The molecule has 9 heteroatoms. The van der Waals surface area contributed by atoms with Gasteiger partial charge in [-0.15, -0.1) is 0 Å². The zero-order valence-corrected chi connectivity index (χ0v) is 13.5. The van der Waals surface area contributed by atoms with Crippen LogP contribution in [0.25, 0.3) is 0 Å². The van der Waals surface area contributed by atoms with E-state index in [1.165, 1.54) is 12.1 Å². The maximum absolute atomic E-state index is 12.9. The summed E-state index contributed by atoms with van der Waals surface area (Å²) >= 11 is 0. The molecule has 0 aliphatic heterocycles. The number of nitrogens with one attached hydrogen (secondary N) is 2. The molecular formula is C16H17F4N3O2. The quantitative estimate of drug-likeness (QED) is 0.807. The Hall–Kier alpha value is -2.58. The molecule has 0 spiro atoms. The van der Waals surface area contributed by atoms with E-state index in [4.69, 9.17) is 0 Å². The second-order valence-electron chi connectivity index (χ2n) is 5.79. The van der Waals surface area contributed by atoms with Gasteiger partial charge in [0.15, 0.2) is 0 Å². The van der Waals surface area contributed by atoms with Crippen molar-refractivity contribution in [3.8, 4) is 0 Å². The molecule has 136 valence electrons. The van der Waals surface area contributed by atoms with E-state index in [2.05, 4.69) is 10.3 Å². The van der Waals surface area contributed by atoms with E-state index in [1.54, 1.807) is 19.1 Å². The molecule has 2 aromatic rings. The number of aromatic amines is 1. The fourth-order valence-corrected chi connectivity index (χ4v) is 2.39. The SMILES string of the molecule is C[C@H](n1c(=O)cc(N[C@@H](C)Cc2ccc(F)cc2)[nH]c1=O)C(F)(F)F. The van der Waals surface area contributed by atoms with E-state index < -0.39 is 23.5 Å². The van der Waals surface area contributed by atoms with Crippen LogP contribution in [0, 0.1) is 5.82 Å². The third-order valence-electron chi connectivity index (χ3n) is 3.68. The number of anilines is 1. The van der Waals surface area contributed by atoms with Crippen molar-refractivity contribution in [3.63, 3.8) is 0 Å². The Balaban J connectivity index is 2.17. The van der Waals surface area contributed by atoms with Gasteiger partial charge in [0.05, 0.1) is 0 Å². The largest absolute Gasteiger partial charge is 0.409 e. The molecule has 5 nitrogen and oxygen atoms in total. The van der Waals surface area contributed by atoms with Crippen LogP contribution in [-0.4, -0.2) is 21.8 Å². The summed E-state index contributed by atoms with van der Waals surface area (Å²) in [6.07, 6.45) is -4.24. The number of H-pyrrole nitrogens is 1. The maximum Gasteiger partial charge on any atom is 0.409 e. The summed E-state index contributed by atoms with van der Waals surface area (Å²) in [7, 11) is 0. The zero-order valence-electron chi connectivity index (χ0n) is 13.5. The van der Waals surface area contributed by atoms with Gasteiger partial charge in [-0.1, -0.05) is 12.1 Å². The van der Waals surface area contributed by atoms with Crippen LogP contribution >= 0.6 is 0 Å². The molecule has 1 heterocycles. The molecule has 0 bridgehead atoms. The van der Waals surface area contributed by atoms with Gasteiger partial charge in [-0.3, -0.25) is 9.78 Å². The first-order valence-corrected chi connectivity index (χ1v) is 7.51. The summed E-state index contributed by atoms with van der Waals surface area (Å²) in [6.45, 7) is 2.49. The van der Waals surface area contributed by atoms with Crippen molar-refractivity contribution in [3.05, 3.63) is 62.6 Å². The summed E-state index contributed by atoms with van der Waals surface area (Å²) in [5.41, 5.74) is -1.37. The van der Waals surface area contributed by atoms with Crippen molar-refractivity contribution < 1.29 is 17.6 Å². The third kappa shape index (κ3) is 4.71. The van der Waals surface area contributed by atoms with Crippen molar-refractivity contribution in [2.45, 2.75) is 38.5 Å². The molecule has 1 aromatic carbocycles. The summed E-state index contributed by atoms with van der Waals surface area (Å²) in [6, 6.07) is 4.24. The van der Waals surface area contributed by atoms with Crippen LogP contribution in [0.15, 0.2) is 39.9 Å². The van der Waals surface area contributed by atoms with Gasteiger partial charge in [-0.2, -0.15) is 13.2 Å². The zero-order chi connectivity index (χ0) is 18.8. The molecule has 2 atom stereocenters. The number of aromatic nitrogens is 2. The lowest BCUT2D eigenvalue weighted by molar-refractivity contribution is -0.164. The Morgan fingerprint density at radius 3 is 2.28 bits per heavy atom. The van der Waals surface area contributed by atoms with Crippen molar-refractivity contribution in [2.24, 2.45) is 0 Å². The van der Waals surface area contributed by atoms with Gasteiger partial charge in [0, 0.05) is 12.1 Å². The second kappa shape index (κ2) is 7.12. The van der Waals surface area contributed by atoms with Gasteiger partial charge in [-0.05, 0) is 38.0 Å². The first kappa shape index (κ1) is 18.8. The highest BCUT2D eigenvalue weighted by Crippen LogP contribution is 2.27. The van der Waals surface area contributed by atoms with Crippen LogP contribution in [0.2, 0.25) is 0 Å². The minimum absolute atomic E-state index is 0.0234. The normalized spacial score (nSPS) is 14.2. The number of hydrogen-bond acceptors (Lipinski definition) is 3. The molecule has 0 fully saturated rings. The molecule has 0 amide bonds. The van der Waals surface area contributed by atoms with Crippen LogP contribution in [0.3, 0.4) is 0 Å². The first-order valence-electron chi connectivity index (χ1n) is 7.51. The van der Waals surface area contributed by atoms with E-state index in [0.29, 0.717) is 6.42 Å². The Morgan fingerprint density at radius 2 is 1.76 bits per heavy atom. The second-order valence-corrected chi connectivity index (χ2v) is 5.79. The molecule has 0 radical (unpaired) electrons. The predicted octanol–water partition coefficient (Wildman–Crippen LogP) is 2.84. The lowest BCUT2D eigenvalue weighted by Gasteiger charge is -2.19. The predicted molar refractivity (Wildman–Crippen MR) is 85.3 cm³/mol. The standard InChI is InChI=1S/C16H17F4N3O2/c1-9(7-11-3-5-12(17)6-4-11)21-13-8-14(24)23(15(25)22-13)10(2)16(18,19)20/h3-6,8-10,21H,7H2,1-2H3,(H,22,25)/t9-,10-/m0/s1. The summed E-state index contributed by atoms with van der Waals surface area (Å²) < 4.78 is 51.2. The number of alkyl halides is 3. The van der Waals surface area contributed by atoms with Crippen LogP contribution in [0.1, 0.15) is 25.5 Å². The molecule has 25 heavy (non-hydrogen) atoms. The average Bonchev–Trinajstić information content (AvgIpc) is 2.47. The molecule has 0 saturated carbocycles. The van der Waals surface area contributed by atoms with Crippen LogP contribution in [0.4, 0.5) is 23.4 Å². The van der Waals surface area contributed by atoms with E-state index in [9.17, 15) is 27.2 Å². The summed E-state index contributed by atoms with van der Waals surface area (Å²) in [4.78, 5) is 26.0. The van der Waals surface area contributed by atoms with Crippen LogP contribution < -0.4 is 16.6 Å². The topological polar surface area (TPSA) is 66.9 Å². The van der Waals surface area contributed by atoms with Gasteiger partial charge in [0.25, 0.3) is 5.56 Å². The third-order valence-corrected chi connectivity index (χ3v) is 3.68. The van der Waals surface area contributed by atoms with Gasteiger partial charge in [0.2, 0.25) is 0 Å². The van der Waals surface area contributed by atoms with Crippen molar-refractivity contribution >= 4 is 5.82 Å². The molecule has 0 aliphatic carbocycles. The van der Waals surface area contributed by atoms with Crippen molar-refractivity contribution in [1.82, 2.24) is 9.55 Å². The lowest BCUT2D eigenvalue weighted by Crippen LogP contribution is -2.42. The Kier molecular flexibility index (Phi) is 5.34. The van der Waals surface area contributed by atoms with Crippen molar-refractivity contribution in [1.29, 1.82) is 0 Å². The van der Waals surface area contributed by atoms with Gasteiger partial charge in [0.1, 0.15) is 17.7 Å². The fourth-order valence-electron chi connectivity index (χ4n) is 2.39. The number of rotatable bonds is 5. The number of nitrogens with zero attached hydrogens (tertiary/aromatic N) is 1. The van der Waals surface area contributed by atoms with Crippen LogP contribution in [-0.2, 0) is 6.42 Å². The molecule has 0 saturated heterocycles. The average molecular weight is 359 g/mol. The molecule has 1 aromatic heterocycles. The fraction of sp³-hybridized carbons (Fsp3) is 0.375.